The summed E-state index contributed by atoms with van der Waals surface area (Å²) in [5.74, 6) is -0.116. The summed E-state index contributed by atoms with van der Waals surface area (Å²) in [6, 6.07) is 9.44. The van der Waals surface area contributed by atoms with Crippen molar-refractivity contribution in [2.45, 2.75) is 32.1 Å². The van der Waals surface area contributed by atoms with E-state index in [-0.39, 0.29) is 24.2 Å². The minimum atomic E-state index is -0.373. The van der Waals surface area contributed by atoms with Crippen LogP contribution in [0.2, 0.25) is 0 Å². The average Bonchev–Trinajstić information content (AvgIpc) is 3.20. The van der Waals surface area contributed by atoms with E-state index in [4.69, 9.17) is 4.52 Å². The number of benzene rings is 1. The molecule has 1 aliphatic carbocycles. The topological polar surface area (TPSA) is 75.4 Å². The second kappa shape index (κ2) is 6.11. The monoisotopic (exact) mass is 325 g/mol. The molecule has 0 radical (unpaired) electrons. The molecule has 1 unspecified atom stereocenters. The molecule has 124 valence electrons. The van der Waals surface area contributed by atoms with Crippen molar-refractivity contribution < 1.29 is 14.1 Å². The first-order valence-electron chi connectivity index (χ1n) is 8.36. The standard InChI is InChI=1S/C18H19N3O3/c22-16-10-12(11-21(16)13-6-2-1-3-7-13)17(23)19-18-14-8-4-5-9-15(14)20-24-18/h1-3,6-7,12H,4-5,8-11H2,(H,19,23). The lowest BCUT2D eigenvalue weighted by Gasteiger charge is -2.16. The number of fused-ring (bicyclic) bond motifs is 1. The Morgan fingerprint density at radius 1 is 1.21 bits per heavy atom. The number of amides is 2. The number of nitrogens with zero attached hydrogens (tertiary/aromatic N) is 2. The Morgan fingerprint density at radius 3 is 2.83 bits per heavy atom. The van der Waals surface area contributed by atoms with E-state index in [1.165, 1.54) is 0 Å². The maximum absolute atomic E-state index is 12.5. The molecule has 1 atom stereocenters. The third-order valence-corrected chi connectivity index (χ3v) is 4.76. The molecule has 1 aliphatic heterocycles. The van der Waals surface area contributed by atoms with Crippen LogP contribution in [0.5, 0.6) is 0 Å². The Hall–Kier alpha value is -2.63. The number of carbonyl (C=O) groups excluding carboxylic acids is 2. The van der Waals surface area contributed by atoms with Crippen LogP contribution in [0.15, 0.2) is 34.9 Å². The number of aromatic nitrogens is 1. The molecule has 24 heavy (non-hydrogen) atoms. The summed E-state index contributed by atoms with van der Waals surface area (Å²) in [6.07, 6.45) is 4.19. The third-order valence-electron chi connectivity index (χ3n) is 4.76. The third kappa shape index (κ3) is 2.68. The van der Waals surface area contributed by atoms with Crippen molar-refractivity contribution in [3.63, 3.8) is 0 Å². The highest BCUT2D eigenvalue weighted by Crippen LogP contribution is 2.29. The number of rotatable bonds is 3. The van der Waals surface area contributed by atoms with Gasteiger partial charge in [-0.1, -0.05) is 23.4 Å². The number of hydrogen-bond donors (Lipinski definition) is 1. The van der Waals surface area contributed by atoms with Gasteiger partial charge in [0.25, 0.3) is 0 Å². The van der Waals surface area contributed by atoms with Crippen LogP contribution in [-0.4, -0.2) is 23.5 Å². The molecule has 6 nitrogen and oxygen atoms in total. The Kier molecular flexibility index (Phi) is 3.80. The molecule has 2 amide bonds. The first-order valence-corrected chi connectivity index (χ1v) is 8.36. The van der Waals surface area contributed by atoms with Gasteiger partial charge in [0.1, 0.15) is 0 Å². The molecule has 2 heterocycles. The zero-order valence-corrected chi connectivity index (χ0v) is 13.3. The zero-order valence-electron chi connectivity index (χ0n) is 13.3. The highest BCUT2D eigenvalue weighted by Gasteiger charge is 2.36. The molecule has 6 heteroatoms. The Labute approximate surface area is 139 Å². The summed E-state index contributed by atoms with van der Waals surface area (Å²) in [6.45, 7) is 0.394. The van der Waals surface area contributed by atoms with Crippen LogP contribution in [0.1, 0.15) is 30.5 Å². The molecule has 4 rings (SSSR count). The van der Waals surface area contributed by atoms with Crippen LogP contribution in [-0.2, 0) is 22.4 Å². The van der Waals surface area contributed by atoms with Gasteiger partial charge in [0, 0.05) is 24.2 Å². The van der Waals surface area contributed by atoms with Crippen LogP contribution in [0.4, 0.5) is 11.6 Å². The fourth-order valence-corrected chi connectivity index (χ4v) is 3.44. The maximum Gasteiger partial charge on any atom is 0.234 e. The van der Waals surface area contributed by atoms with Crippen molar-refractivity contribution in [2.24, 2.45) is 5.92 Å². The van der Waals surface area contributed by atoms with E-state index in [0.29, 0.717) is 12.4 Å². The predicted molar refractivity (Wildman–Crippen MR) is 88.7 cm³/mol. The quantitative estimate of drug-likeness (QED) is 0.941. The molecular weight excluding hydrogens is 306 g/mol. The fourth-order valence-electron chi connectivity index (χ4n) is 3.44. The maximum atomic E-state index is 12.5. The van der Waals surface area contributed by atoms with Gasteiger partial charge in [-0.25, -0.2) is 0 Å². The number of nitrogens with one attached hydrogen (secondary N) is 1. The number of anilines is 2. The Balaban J connectivity index is 1.46. The second-order valence-electron chi connectivity index (χ2n) is 6.37. The van der Waals surface area contributed by atoms with E-state index >= 15 is 0 Å². The molecule has 0 bridgehead atoms. The summed E-state index contributed by atoms with van der Waals surface area (Å²) in [5, 5.41) is 6.88. The molecule has 2 aliphatic rings. The van der Waals surface area contributed by atoms with E-state index in [0.717, 1.165) is 42.6 Å². The molecule has 0 saturated carbocycles. The van der Waals surface area contributed by atoms with E-state index in [2.05, 4.69) is 10.5 Å². The summed E-state index contributed by atoms with van der Waals surface area (Å²) >= 11 is 0. The van der Waals surface area contributed by atoms with Crippen LogP contribution in [0.3, 0.4) is 0 Å². The van der Waals surface area contributed by atoms with Crippen molar-refractivity contribution in [3.8, 4) is 0 Å². The number of hydrogen-bond acceptors (Lipinski definition) is 4. The molecule has 1 aromatic heterocycles. The molecular formula is C18H19N3O3. The Bertz CT molecular complexity index is 769. The number of aryl methyl sites for hydroxylation is 1. The van der Waals surface area contributed by atoms with Crippen molar-refractivity contribution in [1.29, 1.82) is 0 Å². The van der Waals surface area contributed by atoms with Crippen molar-refractivity contribution in [2.75, 3.05) is 16.8 Å². The van der Waals surface area contributed by atoms with Gasteiger partial charge in [-0.3, -0.25) is 14.9 Å². The first-order chi connectivity index (χ1) is 11.7. The average molecular weight is 325 g/mol. The van der Waals surface area contributed by atoms with Gasteiger partial charge in [0.15, 0.2) is 0 Å². The van der Waals surface area contributed by atoms with E-state index in [1.807, 2.05) is 30.3 Å². The highest BCUT2D eigenvalue weighted by atomic mass is 16.5. The zero-order chi connectivity index (χ0) is 16.5. The molecule has 0 spiro atoms. The summed E-state index contributed by atoms with van der Waals surface area (Å²) in [4.78, 5) is 26.4. The van der Waals surface area contributed by atoms with Crippen molar-refractivity contribution >= 4 is 23.4 Å². The lowest BCUT2D eigenvalue weighted by molar-refractivity contribution is -0.122. The molecule has 1 fully saturated rings. The van der Waals surface area contributed by atoms with Gasteiger partial charge in [-0.2, -0.15) is 0 Å². The number of para-hydroxylation sites is 1. The number of carbonyl (C=O) groups is 2. The van der Waals surface area contributed by atoms with Gasteiger partial charge in [-0.15, -0.1) is 0 Å². The fraction of sp³-hybridized carbons (Fsp3) is 0.389. The van der Waals surface area contributed by atoms with Crippen LogP contribution < -0.4 is 10.2 Å². The minimum absolute atomic E-state index is 0.0269. The highest BCUT2D eigenvalue weighted by molar-refractivity contribution is 6.03. The lowest BCUT2D eigenvalue weighted by atomic mass is 9.97. The van der Waals surface area contributed by atoms with E-state index < -0.39 is 0 Å². The molecule has 1 saturated heterocycles. The molecule has 1 aromatic carbocycles. The van der Waals surface area contributed by atoms with Crippen molar-refractivity contribution in [1.82, 2.24) is 5.16 Å². The normalized spacial score (nSPS) is 20.1. The molecule has 2 aromatic rings. The first kappa shape index (κ1) is 14.9. The Morgan fingerprint density at radius 2 is 2.00 bits per heavy atom. The second-order valence-corrected chi connectivity index (χ2v) is 6.37. The largest absolute Gasteiger partial charge is 0.338 e. The van der Waals surface area contributed by atoms with E-state index in [9.17, 15) is 9.59 Å². The summed E-state index contributed by atoms with van der Waals surface area (Å²) in [7, 11) is 0. The molecule has 1 N–H and O–H groups in total. The van der Waals surface area contributed by atoms with Gasteiger partial charge < -0.3 is 9.42 Å². The van der Waals surface area contributed by atoms with Gasteiger partial charge in [0.05, 0.1) is 11.6 Å². The lowest BCUT2D eigenvalue weighted by Crippen LogP contribution is -2.28. The van der Waals surface area contributed by atoms with Gasteiger partial charge in [0.2, 0.25) is 17.7 Å². The summed E-state index contributed by atoms with van der Waals surface area (Å²) < 4.78 is 5.31. The van der Waals surface area contributed by atoms with Crippen LogP contribution in [0.25, 0.3) is 0 Å². The minimum Gasteiger partial charge on any atom is -0.338 e. The smallest absolute Gasteiger partial charge is 0.234 e. The van der Waals surface area contributed by atoms with Gasteiger partial charge in [-0.05, 0) is 37.8 Å². The van der Waals surface area contributed by atoms with E-state index in [1.54, 1.807) is 4.90 Å². The van der Waals surface area contributed by atoms with Gasteiger partial charge >= 0.3 is 0 Å². The summed E-state index contributed by atoms with van der Waals surface area (Å²) in [5.41, 5.74) is 2.79. The van der Waals surface area contributed by atoms with Crippen molar-refractivity contribution in [3.05, 3.63) is 41.6 Å². The van der Waals surface area contributed by atoms with Crippen LogP contribution >= 0.6 is 0 Å². The van der Waals surface area contributed by atoms with Crippen LogP contribution in [0, 0.1) is 5.92 Å². The SMILES string of the molecule is O=C(Nc1onc2c1CCCC2)C1CC(=O)N(c2ccccc2)C1. The predicted octanol–water partition coefficient (Wildman–Crippen LogP) is 2.55.